The van der Waals surface area contributed by atoms with Gasteiger partial charge >= 0.3 is 0 Å². The molecule has 0 unspecified atom stereocenters. The predicted molar refractivity (Wildman–Crippen MR) is 64.7 cm³/mol. The highest BCUT2D eigenvalue weighted by molar-refractivity contribution is 5.30. The van der Waals surface area contributed by atoms with Crippen LogP contribution in [-0.2, 0) is 11.8 Å². The van der Waals surface area contributed by atoms with E-state index in [9.17, 15) is 14.6 Å². The van der Waals surface area contributed by atoms with Crippen molar-refractivity contribution in [1.82, 2.24) is 0 Å². The Morgan fingerprint density at radius 3 is 2.39 bits per heavy atom. The van der Waals surface area contributed by atoms with Gasteiger partial charge in [0.05, 0.1) is 25.7 Å². The first-order chi connectivity index (χ1) is 8.72. The molecule has 1 heterocycles. The fourth-order valence-corrected chi connectivity index (χ4v) is 2.10. The second-order valence-corrected chi connectivity index (χ2v) is 4.38. The summed E-state index contributed by atoms with van der Waals surface area (Å²) in [7, 11) is 0. The van der Waals surface area contributed by atoms with Gasteiger partial charge in [0, 0.05) is 5.41 Å². The predicted octanol–water partition coefficient (Wildman–Crippen LogP) is 1.88. The first-order valence-electron chi connectivity index (χ1n) is 5.70. The minimum absolute atomic E-state index is 0.316. The molecule has 1 aromatic heterocycles. The standard InChI is InChI=1S/C14H15FO3/c15-13-4-2-1-3-12(13)14(9-16,10-17)7-11-5-6-18-8-11/h1-6,8,16-17H,7,9-10H2. The third kappa shape index (κ3) is 2.30. The second-order valence-electron chi connectivity index (χ2n) is 4.38. The number of rotatable bonds is 5. The second kappa shape index (κ2) is 5.33. The van der Waals surface area contributed by atoms with Gasteiger partial charge < -0.3 is 14.6 Å². The molecule has 0 aliphatic heterocycles. The largest absolute Gasteiger partial charge is 0.472 e. The number of aliphatic hydroxyl groups excluding tert-OH is 2. The Morgan fingerprint density at radius 2 is 1.83 bits per heavy atom. The van der Waals surface area contributed by atoms with E-state index in [4.69, 9.17) is 4.42 Å². The van der Waals surface area contributed by atoms with Crippen molar-refractivity contribution >= 4 is 0 Å². The summed E-state index contributed by atoms with van der Waals surface area (Å²) in [6, 6.07) is 7.91. The Hall–Kier alpha value is -1.65. The number of furan rings is 1. The van der Waals surface area contributed by atoms with Crippen LogP contribution in [0, 0.1) is 5.82 Å². The molecule has 0 saturated carbocycles. The summed E-state index contributed by atoms with van der Waals surface area (Å²) in [6.45, 7) is -0.675. The lowest BCUT2D eigenvalue weighted by atomic mass is 9.77. The van der Waals surface area contributed by atoms with E-state index in [1.807, 2.05) is 0 Å². The van der Waals surface area contributed by atoms with Crippen LogP contribution in [0.1, 0.15) is 11.1 Å². The van der Waals surface area contributed by atoms with E-state index in [-0.39, 0.29) is 13.2 Å². The first kappa shape index (κ1) is 12.8. The molecule has 4 heteroatoms. The summed E-state index contributed by atoms with van der Waals surface area (Å²) < 4.78 is 18.8. The smallest absolute Gasteiger partial charge is 0.127 e. The van der Waals surface area contributed by atoms with Gasteiger partial charge in [-0.15, -0.1) is 0 Å². The molecular weight excluding hydrogens is 235 g/mol. The van der Waals surface area contributed by atoms with E-state index >= 15 is 0 Å². The maximum Gasteiger partial charge on any atom is 0.127 e. The molecule has 0 saturated heterocycles. The lowest BCUT2D eigenvalue weighted by Gasteiger charge is -2.30. The van der Waals surface area contributed by atoms with Crippen LogP contribution in [0.4, 0.5) is 4.39 Å². The summed E-state index contributed by atoms with van der Waals surface area (Å²) in [4.78, 5) is 0. The Bertz CT molecular complexity index is 490. The third-order valence-electron chi connectivity index (χ3n) is 3.17. The van der Waals surface area contributed by atoms with E-state index in [2.05, 4.69) is 0 Å². The van der Waals surface area contributed by atoms with Gasteiger partial charge in [0.25, 0.3) is 0 Å². The van der Waals surface area contributed by atoms with Crippen LogP contribution in [0.3, 0.4) is 0 Å². The molecule has 2 N–H and O–H groups in total. The van der Waals surface area contributed by atoms with Crippen molar-refractivity contribution in [2.45, 2.75) is 11.8 Å². The van der Waals surface area contributed by atoms with Crippen LogP contribution in [0.5, 0.6) is 0 Å². The van der Waals surface area contributed by atoms with Gasteiger partial charge in [0.15, 0.2) is 0 Å². The first-order valence-corrected chi connectivity index (χ1v) is 5.70. The van der Waals surface area contributed by atoms with Crippen molar-refractivity contribution in [3.63, 3.8) is 0 Å². The van der Waals surface area contributed by atoms with Gasteiger partial charge in [-0.1, -0.05) is 18.2 Å². The highest BCUT2D eigenvalue weighted by atomic mass is 19.1. The fourth-order valence-electron chi connectivity index (χ4n) is 2.10. The molecule has 0 radical (unpaired) electrons. The highest BCUT2D eigenvalue weighted by Crippen LogP contribution is 2.30. The molecule has 2 rings (SSSR count). The fraction of sp³-hybridized carbons (Fsp3) is 0.286. The van der Waals surface area contributed by atoms with Gasteiger partial charge in [-0.05, 0) is 29.7 Å². The molecule has 0 spiro atoms. The van der Waals surface area contributed by atoms with Crippen molar-refractivity contribution in [2.75, 3.05) is 13.2 Å². The molecule has 2 aromatic rings. The summed E-state index contributed by atoms with van der Waals surface area (Å²) in [5.74, 6) is -0.427. The minimum Gasteiger partial charge on any atom is -0.472 e. The lowest BCUT2D eigenvalue weighted by molar-refractivity contribution is 0.113. The van der Waals surface area contributed by atoms with Gasteiger partial charge in [-0.2, -0.15) is 0 Å². The third-order valence-corrected chi connectivity index (χ3v) is 3.17. The van der Waals surface area contributed by atoms with Crippen molar-refractivity contribution in [2.24, 2.45) is 0 Å². The van der Waals surface area contributed by atoms with Crippen LogP contribution in [-0.4, -0.2) is 23.4 Å². The van der Waals surface area contributed by atoms with E-state index in [1.54, 1.807) is 24.3 Å². The SMILES string of the molecule is OCC(CO)(Cc1ccoc1)c1ccccc1F. The maximum atomic E-state index is 13.8. The van der Waals surface area contributed by atoms with Gasteiger partial charge in [-0.25, -0.2) is 4.39 Å². The maximum absolute atomic E-state index is 13.8. The molecule has 3 nitrogen and oxygen atoms in total. The van der Waals surface area contributed by atoms with E-state index in [0.717, 1.165) is 5.56 Å². The average Bonchev–Trinajstić information content (AvgIpc) is 2.90. The molecule has 96 valence electrons. The van der Waals surface area contributed by atoms with Crippen LogP contribution in [0.2, 0.25) is 0 Å². The summed E-state index contributed by atoms with van der Waals surface area (Å²) in [6.07, 6.45) is 3.36. The van der Waals surface area contributed by atoms with Crippen molar-refractivity contribution < 1.29 is 19.0 Å². The molecule has 0 fully saturated rings. The highest BCUT2D eigenvalue weighted by Gasteiger charge is 2.34. The molecule has 0 aliphatic carbocycles. The molecule has 1 aromatic carbocycles. The average molecular weight is 250 g/mol. The van der Waals surface area contributed by atoms with E-state index in [0.29, 0.717) is 12.0 Å². The van der Waals surface area contributed by atoms with Crippen LogP contribution in [0.15, 0.2) is 47.3 Å². The summed E-state index contributed by atoms with van der Waals surface area (Å²) in [5.41, 5.74) is 0.0902. The lowest BCUT2D eigenvalue weighted by Crippen LogP contribution is -2.38. The van der Waals surface area contributed by atoms with Crippen molar-refractivity contribution in [1.29, 1.82) is 0 Å². The number of hydrogen-bond donors (Lipinski definition) is 2. The Kier molecular flexibility index (Phi) is 3.79. The number of hydrogen-bond acceptors (Lipinski definition) is 3. The minimum atomic E-state index is -1.03. The summed E-state index contributed by atoms with van der Waals surface area (Å²) in [5, 5.41) is 19.2. The number of aliphatic hydroxyl groups is 2. The monoisotopic (exact) mass is 250 g/mol. The molecule has 0 amide bonds. The van der Waals surface area contributed by atoms with Gasteiger partial charge in [0.1, 0.15) is 5.82 Å². The molecule has 0 atom stereocenters. The normalized spacial score (nSPS) is 11.7. The van der Waals surface area contributed by atoms with Crippen molar-refractivity contribution in [3.8, 4) is 0 Å². The zero-order chi connectivity index (χ0) is 13.0. The van der Waals surface area contributed by atoms with E-state index in [1.165, 1.54) is 18.6 Å². The zero-order valence-electron chi connectivity index (χ0n) is 9.84. The number of halogens is 1. The Labute approximate surface area is 104 Å². The Morgan fingerprint density at radius 1 is 1.11 bits per heavy atom. The topological polar surface area (TPSA) is 53.6 Å². The van der Waals surface area contributed by atoms with Crippen molar-refractivity contribution in [3.05, 3.63) is 59.8 Å². The van der Waals surface area contributed by atoms with Crippen LogP contribution < -0.4 is 0 Å². The van der Waals surface area contributed by atoms with Crippen LogP contribution in [0.25, 0.3) is 0 Å². The number of benzene rings is 1. The zero-order valence-corrected chi connectivity index (χ0v) is 9.84. The van der Waals surface area contributed by atoms with E-state index < -0.39 is 11.2 Å². The molecule has 0 aliphatic rings. The van der Waals surface area contributed by atoms with Crippen LogP contribution >= 0.6 is 0 Å². The summed E-state index contributed by atoms with van der Waals surface area (Å²) >= 11 is 0. The molecular formula is C14H15FO3. The van der Waals surface area contributed by atoms with Gasteiger partial charge in [0.2, 0.25) is 0 Å². The Balaban J connectivity index is 2.40. The quantitative estimate of drug-likeness (QED) is 0.852. The molecule has 18 heavy (non-hydrogen) atoms. The van der Waals surface area contributed by atoms with Gasteiger partial charge in [-0.3, -0.25) is 0 Å². The molecule has 0 bridgehead atoms.